The number of carbonyl (C=O) groups is 1. The number of hydrogen-bond acceptors (Lipinski definition) is 7. The van der Waals surface area contributed by atoms with Crippen molar-refractivity contribution >= 4 is 33.1 Å². The predicted octanol–water partition coefficient (Wildman–Crippen LogP) is 3.38. The Hall–Kier alpha value is -2.65. The van der Waals surface area contributed by atoms with Gasteiger partial charge in [0.15, 0.2) is 0 Å². The van der Waals surface area contributed by atoms with E-state index in [4.69, 9.17) is 6.57 Å². The molecular formula is C13H7F3N2O5S2. The molecule has 1 aromatic heterocycles. The van der Waals surface area contributed by atoms with Gasteiger partial charge in [-0.3, -0.25) is 0 Å². The molecule has 0 saturated heterocycles. The smallest absolute Gasteiger partial charge is 0.465 e. The van der Waals surface area contributed by atoms with Gasteiger partial charge in [-0.1, -0.05) is 6.07 Å². The maximum absolute atomic E-state index is 12.4. The van der Waals surface area contributed by atoms with Gasteiger partial charge in [-0.05, 0) is 12.1 Å². The summed E-state index contributed by atoms with van der Waals surface area (Å²) < 4.78 is 67.7. The SMILES string of the molecule is [C-]#[N+]c1cc(-c2ncc(C(=O)OC)s2)ccc1OS(=O)(=O)C(F)(F)F. The number of thiazole rings is 1. The zero-order valence-electron chi connectivity index (χ0n) is 12.2. The third-order valence-corrected chi connectivity index (χ3v) is 4.69. The standard InChI is InChI=1S/C13H7F3N2O5S2/c1-17-8-5-7(11-18-6-10(24-11)12(19)22-2)3-4-9(8)23-25(20,21)13(14,15)16/h3-6H,2H3. The number of ether oxygens (including phenoxy) is 1. The lowest BCUT2D eigenvalue weighted by Crippen LogP contribution is -2.28. The number of alkyl halides is 3. The Morgan fingerprint density at radius 3 is 2.60 bits per heavy atom. The predicted molar refractivity (Wildman–Crippen MR) is 80.8 cm³/mol. The summed E-state index contributed by atoms with van der Waals surface area (Å²) >= 11 is 0.934. The molecule has 0 radical (unpaired) electrons. The van der Waals surface area contributed by atoms with Crippen molar-refractivity contribution in [2.24, 2.45) is 0 Å². The third kappa shape index (κ3) is 3.89. The topological polar surface area (TPSA) is 86.9 Å². The summed E-state index contributed by atoms with van der Waals surface area (Å²) in [4.78, 5) is 18.5. The van der Waals surface area contributed by atoms with Gasteiger partial charge in [0.1, 0.15) is 15.6 Å². The molecular weight excluding hydrogens is 385 g/mol. The minimum absolute atomic E-state index is 0.182. The number of aromatic nitrogens is 1. The van der Waals surface area contributed by atoms with Gasteiger partial charge in [0.05, 0.1) is 19.9 Å². The van der Waals surface area contributed by atoms with E-state index in [0.717, 1.165) is 23.5 Å². The molecule has 12 heteroatoms. The average Bonchev–Trinajstić information content (AvgIpc) is 3.03. The van der Waals surface area contributed by atoms with Crippen LogP contribution in [0.3, 0.4) is 0 Å². The van der Waals surface area contributed by atoms with Gasteiger partial charge < -0.3 is 8.92 Å². The van der Waals surface area contributed by atoms with Crippen molar-refractivity contribution in [1.29, 1.82) is 0 Å². The van der Waals surface area contributed by atoms with Gasteiger partial charge in [-0.25, -0.2) is 14.6 Å². The number of esters is 1. The molecule has 0 bridgehead atoms. The zero-order valence-corrected chi connectivity index (χ0v) is 13.8. The Bertz CT molecular complexity index is 961. The van der Waals surface area contributed by atoms with Crippen molar-refractivity contribution in [3.05, 3.63) is 40.7 Å². The summed E-state index contributed by atoms with van der Waals surface area (Å²) in [7, 11) is -4.70. The number of nitrogens with zero attached hydrogens (tertiary/aromatic N) is 2. The van der Waals surface area contributed by atoms with E-state index in [0.29, 0.717) is 5.56 Å². The van der Waals surface area contributed by atoms with Crippen molar-refractivity contribution < 1.29 is 35.3 Å². The molecule has 2 aromatic rings. The normalized spacial score (nSPS) is 11.6. The summed E-state index contributed by atoms with van der Waals surface area (Å²) in [5.41, 5.74) is -5.78. The molecule has 2 rings (SSSR count). The second kappa shape index (κ2) is 6.69. The molecule has 0 saturated carbocycles. The molecule has 0 aliphatic heterocycles. The molecule has 0 unspecified atom stereocenters. The highest BCUT2D eigenvalue weighted by atomic mass is 32.2. The Morgan fingerprint density at radius 2 is 2.04 bits per heavy atom. The van der Waals surface area contributed by atoms with Crippen molar-refractivity contribution in [3.8, 4) is 16.3 Å². The van der Waals surface area contributed by atoms with Crippen LogP contribution in [0.1, 0.15) is 9.67 Å². The number of hydrogen-bond donors (Lipinski definition) is 0. The van der Waals surface area contributed by atoms with Crippen molar-refractivity contribution in [2.75, 3.05) is 7.11 Å². The molecule has 0 atom stereocenters. The lowest BCUT2D eigenvalue weighted by Gasteiger charge is -2.11. The fourth-order valence-corrected chi connectivity index (χ4v) is 2.88. The molecule has 7 nitrogen and oxygen atoms in total. The third-order valence-electron chi connectivity index (χ3n) is 2.70. The van der Waals surface area contributed by atoms with Gasteiger partial charge >= 0.3 is 21.6 Å². The first kappa shape index (κ1) is 18.7. The van der Waals surface area contributed by atoms with Gasteiger partial charge in [0.2, 0.25) is 5.69 Å². The highest BCUT2D eigenvalue weighted by molar-refractivity contribution is 7.88. The van der Waals surface area contributed by atoms with E-state index in [1.807, 2.05) is 0 Å². The highest BCUT2D eigenvalue weighted by Gasteiger charge is 2.48. The Labute approximate surface area is 143 Å². The molecule has 132 valence electrons. The zero-order chi connectivity index (χ0) is 18.8. The van der Waals surface area contributed by atoms with Crippen molar-refractivity contribution in [3.63, 3.8) is 0 Å². The lowest BCUT2D eigenvalue weighted by molar-refractivity contribution is -0.0499. The van der Waals surface area contributed by atoms with E-state index in [-0.39, 0.29) is 9.88 Å². The first-order valence-electron chi connectivity index (χ1n) is 6.16. The van der Waals surface area contributed by atoms with Gasteiger partial charge in [0.25, 0.3) is 0 Å². The first-order chi connectivity index (χ1) is 11.6. The molecule has 1 aromatic carbocycles. The largest absolute Gasteiger partial charge is 0.534 e. The monoisotopic (exact) mass is 392 g/mol. The van der Waals surface area contributed by atoms with Gasteiger partial charge in [-0.2, -0.15) is 21.6 Å². The number of halogens is 3. The fourth-order valence-electron chi connectivity index (χ4n) is 1.58. The first-order valence-corrected chi connectivity index (χ1v) is 8.38. The maximum atomic E-state index is 12.4. The lowest BCUT2D eigenvalue weighted by atomic mass is 10.2. The van der Waals surface area contributed by atoms with Crippen LogP contribution in [0.5, 0.6) is 5.75 Å². The Balaban J connectivity index is 2.39. The second-order valence-corrected chi connectivity index (χ2v) is 6.87. The van der Waals surface area contributed by atoms with Crippen LogP contribution in [0.4, 0.5) is 18.9 Å². The summed E-state index contributed by atoms with van der Waals surface area (Å²) in [6.07, 6.45) is 1.24. The molecule has 0 fully saturated rings. The van der Waals surface area contributed by atoms with Crippen LogP contribution in [0.2, 0.25) is 0 Å². The highest BCUT2D eigenvalue weighted by Crippen LogP contribution is 2.37. The number of benzene rings is 1. The van der Waals surface area contributed by atoms with E-state index in [9.17, 15) is 26.4 Å². The molecule has 25 heavy (non-hydrogen) atoms. The molecule has 1 heterocycles. The molecule has 0 N–H and O–H groups in total. The fraction of sp³-hybridized carbons (Fsp3) is 0.154. The van der Waals surface area contributed by atoms with Gasteiger partial charge in [0, 0.05) is 5.56 Å². The van der Waals surface area contributed by atoms with E-state index >= 15 is 0 Å². The van der Waals surface area contributed by atoms with Crippen LogP contribution < -0.4 is 4.18 Å². The minimum Gasteiger partial charge on any atom is -0.465 e. The number of methoxy groups -OCH3 is 1. The van der Waals surface area contributed by atoms with Crippen molar-refractivity contribution in [2.45, 2.75) is 5.51 Å². The van der Waals surface area contributed by atoms with Crippen LogP contribution in [0.25, 0.3) is 15.4 Å². The average molecular weight is 392 g/mol. The summed E-state index contributed by atoms with van der Waals surface area (Å²) in [6, 6.07) is 3.23. The van der Waals surface area contributed by atoms with E-state index in [1.165, 1.54) is 19.4 Å². The van der Waals surface area contributed by atoms with Crippen LogP contribution in [0.15, 0.2) is 24.4 Å². The summed E-state index contributed by atoms with van der Waals surface area (Å²) in [6.45, 7) is 6.99. The van der Waals surface area contributed by atoms with Crippen molar-refractivity contribution in [1.82, 2.24) is 4.98 Å². The van der Waals surface area contributed by atoms with E-state index in [2.05, 4.69) is 18.7 Å². The van der Waals surface area contributed by atoms with Crippen LogP contribution >= 0.6 is 11.3 Å². The summed E-state index contributed by atoms with van der Waals surface area (Å²) in [5, 5.41) is 0.288. The van der Waals surface area contributed by atoms with Crippen LogP contribution in [0, 0.1) is 6.57 Å². The number of carbonyl (C=O) groups excluding carboxylic acids is 1. The maximum Gasteiger partial charge on any atom is 0.534 e. The summed E-state index contributed by atoms with van der Waals surface area (Å²) in [5.74, 6) is -1.38. The Morgan fingerprint density at radius 1 is 1.36 bits per heavy atom. The van der Waals surface area contributed by atoms with Gasteiger partial charge in [-0.15, -0.1) is 11.3 Å². The molecule has 0 spiro atoms. The van der Waals surface area contributed by atoms with Crippen LogP contribution in [-0.4, -0.2) is 32.0 Å². The molecule has 0 aliphatic rings. The number of rotatable bonds is 4. The van der Waals surface area contributed by atoms with Crippen LogP contribution in [-0.2, 0) is 14.9 Å². The van der Waals surface area contributed by atoms with E-state index in [1.54, 1.807) is 0 Å². The Kier molecular flexibility index (Phi) is 5.00. The molecule has 0 amide bonds. The molecule has 0 aliphatic carbocycles. The van der Waals surface area contributed by atoms with E-state index < -0.39 is 33.0 Å². The quantitative estimate of drug-likeness (QED) is 0.343. The minimum atomic E-state index is -5.89. The second-order valence-electron chi connectivity index (χ2n) is 4.30.